The zero-order valence-corrected chi connectivity index (χ0v) is 28.3. The molecule has 0 bridgehead atoms. The van der Waals surface area contributed by atoms with Crippen molar-refractivity contribution < 1.29 is 30.3 Å². The summed E-state index contributed by atoms with van der Waals surface area (Å²) in [7, 11) is 0. The molecule has 4 aliphatic carbocycles. The van der Waals surface area contributed by atoms with Crippen LogP contribution in [0.5, 0.6) is 0 Å². The lowest BCUT2D eigenvalue weighted by Crippen LogP contribution is -2.54. The van der Waals surface area contributed by atoms with Crippen LogP contribution < -0.4 is 11.2 Å². The molecule has 10 nitrogen and oxygen atoms in total. The van der Waals surface area contributed by atoms with Gasteiger partial charge in [0, 0.05) is 12.3 Å². The monoisotopic (exact) mass is 646 g/mol. The molecule has 2 heterocycles. The molecule has 0 aromatic carbocycles. The highest BCUT2D eigenvalue weighted by Crippen LogP contribution is 2.67. The van der Waals surface area contributed by atoms with E-state index in [2.05, 4.69) is 40.7 Å². The first-order chi connectivity index (χ1) is 21.7. The van der Waals surface area contributed by atoms with Gasteiger partial charge in [-0.05, 0) is 91.3 Å². The molecular weight excluding hydrogens is 588 g/mol. The van der Waals surface area contributed by atoms with Crippen molar-refractivity contribution in [3.8, 4) is 0 Å². The topological polar surface area (TPSA) is 165 Å². The third-order valence-corrected chi connectivity index (χ3v) is 12.9. The maximum atomic E-state index is 11.4. The minimum Gasteiger partial charge on any atom is -0.394 e. The van der Waals surface area contributed by atoms with E-state index >= 15 is 0 Å². The second-order valence-electron chi connectivity index (χ2n) is 16.1. The van der Waals surface area contributed by atoms with E-state index in [1.165, 1.54) is 50.5 Å². The van der Waals surface area contributed by atoms with Crippen LogP contribution in [-0.2, 0) is 4.74 Å². The summed E-state index contributed by atoms with van der Waals surface area (Å²) in [6.07, 6.45) is 10.3. The van der Waals surface area contributed by atoms with Gasteiger partial charge in [0.15, 0.2) is 6.23 Å². The Balaban J connectivity index is 0.000000209. The molecule has 260 valence electrons. The highest BCUT2D eigenvalue weighted by Gasteiger charge is 2.61. The molecule has 0 radical (unpaired) electrons. The summed E-state index contributed by atoms with van der Waals surface area (Å²) in [5.74, 6) is 4.18. The summed E-state index contributed by atoms with van der Waals surface area (Å²) in [5, 5.41) is 49.6. The fraction of sp³-hybridized carbons (Fsp3) is 0.833. The van der Waals surface area contributed by atoms with Gasteiger partial charge in [0.05, 0.1) is 18.8 Å². The lowest BCUT2D eigenvalue weighted by atomic mass is 9.46. The molecule has 13 atom stereocenters. The van der Waals surface area contributed by atoms with Crippen LogP contribution in [0.1, 0.15) is 105 Å². The predicted molar refractivity (Wildman–Crippen MR) is 175 cm³/mol. The van der Waals surface area contributed by atoms with Crippen LogP contribution in [0.2, 0.25) is 0 Å². The average Bonchev–Trinajstić information content (AvgIpc) is 3.49. The van der Waals surface area contributed by atoms with Crippen molar-refractivity contribution in [2.24, 2.45) is 46.3 Å². The Bertz CT molecular complexity index is 1340. The summed E-state index contributed by atoms with van der Waals surface area (Å²) in [6, 6.07) is 1.09. The summed E-state index contributed by atoms with van der Waals surface area (Å²) in [5.41, 5.74) is 0.663. The molecule has 6 rings (SSSR count). The van der Waals surface area contributed by atoms with Gasteiger partial charge in [0.2, 0.25) is 0 Å². The van der Waals surface area contributed by atoms with Gasteiger partial charge in [-0.25, -0.2) is 4.79 Å². The van der Waals surface area contributed by atoms with Crippen LogP contribution >= 0.6 is 0 Å². The summed E-state index contributed by atoms with van der Waals surface area (Å²) in [6.45, 7) is 11.8. The summed E-state index contributed by atoms with van der Waals surface area (Å²) in [4.78, 5) is 24.3. The Hall–Kier alpha value is -1.82. The number of nitrogens with zero attached hydrogens (tertiary/aromatic N) is 1. The van der Waals surface area contributed by atoms with Crippen molar-refractivity contribution in [3.05, 3.63) is 44.8 Å². The van der Waals surface area contributed by atoms with Crippen LogP contribution in [-0.4, -0.2) is 72.2 Å². The maximum Gasteiger partial charge on any atom is 0.330 e. The Morgan fingerprint density at radius 3 is 2.37 bits per heavy atom. The molecule has 1 aromatic heterocycles. The van der Waals surface area contributed by atoms with Gasteiger partial charge >= 0.3 is 5.69 Å². The minimum absolute atomic E-state index is 0.200. The Labute approximate surface area is 272 Å². The highest BCUT2D eigenvalue weighted by atomic mass is 16.6. The fourth-order valence-corrected chi connectivity index (χ4v) is 10.4. The van der Waals surface area contributed by atoms with Crippen molar-refractivity contribution in [2.45, 2.75) is 136 Å². The Morgan fingerprint density at radius 2 is 1.72 bits per heavy atom. The number of aliphatic hydroxyl groups is 5. The number of H-pyrrole nitrogens is 1. The van der Waals surface area contributed by atoms with Gasteiger partial charge in [-0.15, -0.1) is 0 Å². The van der Waals surface area contributed by atoms with Crippen LogP contribution in [0.15, 0.2) is 33.5 Å². The van der Waals surface area contributed by atoms with Crippen molar-refractivity contribution >= 4 is 0 Å². The zero-order chi connectivity index (χ0) is 33.6. The van der Waals surface area contributed by atoms with Gasteiger partial charge in [-0.3, -0.25) is 14.3 Å². The SMILES string of the molecule is CC(C)CCCC(C)[C@H]1CC[C@H]2[C@@H]3[C@@H](O)C=C4C[C@@H](O)CC[C@]4(C)[C@H]3CC[C@]12C.O=c1ccn([C@@H]2O[C@H](CO)[C@@H](O)[C@H]2O)c(=O)[nH]1. The first-order valence-corrected chi connectivity index (χ1v) is 17.7. The van der Waals surface area contributed by atoms with E-state index in [0.717, 1.165) is 53.8 Å². The number of aromatic amines is 1. The fourth-order valence-electron chi connectivity index (χ4n) is 10.4. The number of hydrogen-bond acceptors (Lipinski definition) is 8. The number of hydrogen-bond donors (Lipinski definition) is 6. The third kappa shape index (κ3) is 6.59. The van der Waals surface area contributed by atoms with Crippen molar-refractivity contribution in [1.82, 2.24) is 9.55 Å². The van der Waals surface area contributed by atoms with E-state index in [9.17, 15) is 30.0 Å². The second-order valence-corrected chi connectivity index (χ2v) is 16.1. The third-order valence-electron chi connectivity index (χ3n) is 12.9. The van der Waals surface area contributed by atoms with E-state index in [-0.39, 0.29) is 17.6 Å². The van der Waals surface area contributed by atoms with Gasteiger partial charge in [-0.1, -0.05) is 65.5 Å². The molecule has 3 saturated carbocycles. The standard InChI is InChI=1S/C27H46O2.C9H12N2O6/c1-17(2)7-6-8-18(3)21-9-10-22-25-23(12-14-27(21,22)5)26(4)13-11-20(28)15-19(26)16-24(25)29;12-3-4-6(14)7(15)8(17-4)11-2-1-5(13)10-9(11)16/h16-18,20-25,28-29H,6-15H2,1-5H3;1-2,4,6-8,12,14-15H,3H2,(H,10,13,16)/t18?,20-,21+,22-,23-,24-,25-,26-,27+;4-,6-,7-,8-/m01/s1. The number of aliphatic hydroxyl groups excluding tert-OH is 5. The lowest BCUT2D eigenvalue weighted by molar-refractivity contribution is -0.0970. The normalized spacial score (nSPS) is 42.4. The number of rotatable bonds is 7. The van der Waals surface area contributed by atoms with Crippen LogP contribution in [0.3, 0.4) is 0 Å². The Morgan fingerprint density at radius 1 is 0.978 bits per heavy atom. The number of aromatic nitrogens is 2. The van der Waals surface area contributed by atoms with Crippen LogP contribution in [0.4, 0.5) is 0 Å². The molecule has 6 N–H and O–H groups in total. The molecule has 10 heteroatoms. The summed E-state index contributed by atoms with van der Waals surface area (Å²) < 4.78 is 6.08. The predicted octanol–water partition coefficient (Wildman–Crippen LogP) is 3.51. The molecule has 5 aliphatic rings. The number of fused-ring (bicyclic) bond motifs is 5. The molecule has 46 heavy (non-hydrogen) atoms. The van der Waals surface area contributed by atoms with Gasteiger partial charge in [0.1, 0.15) is 18.3 Å². The minimum atomic E-state index is -1.35. The smallest absolute Gasteiger partial charge is 0.330 e. The van der Waals surface area contributed by atoms with E-state index in [4.69, 9.17) is 9.84 Å². The molecule has 1 unspecified atom stereocenters. The molecule has 1 aromatic rings. The Kier molecular flexibility index (Phi) is 10.8. The van der Waals surface area contributed by atoms with E-state index in [1.54, 1.807) is 0 Å². The largest absolute Gasteiger partial charge is 0.394 e. The molecular formula is C36H58N2O8. The number of nitrogens with one attached hydrogen (secondary N) is 1. The van der Waals surface area contributed by atoms with Crippen LogP contribution in [0.25, 0.3) is 0 Å². The lowest BCUT2D eigenvalue weighted by Gasteiger charge is -2.59. The number of ether oxygens (including phenoxy) is 1. The molecule has 1 aliphatic heterocycles. The summed E-state index contributed by atoms with van der Waals surface area (Å²) >= 11 is 0. The van der Waals surface area contributed by atoms with Crippen LogP contribution in [0, 0.1) is 46.3 Å². The molecule has 1 saturated heterocycles. The molecule has 4 fully saturated rings. The van der Waals surface area contributed by atoms with E-state index in [0.29, 0.717) is 23.2 Å². The first-order valence-electron chi connectivity index (χ1n) is 17.7. The van der Waals surface area contributed by atoms with Crippen molar-refractivity contribution in [3.63, 3.8) is 0 Å². The van der Waals surface area contributed by atoms with Crippen molar-refractivity contribution in [2.75, 3.05) is 6.61 Å². The zero-order valence-electron chi connectivity index (χ0n) is 28.3. The van der Waals surface area contributed by atoms with E-state index in [1.807, 2.05) is 4.98 Å². The molecule has 0 spiro atoms. The average molecular weight is 647 g/mol. The quantitative estimate of drug-likeness (QED) is 0.245. The first kappa shape index (κ1) is 35.5. The van der Waals surface area contributed by atoms with E-state index < -0.39 is 42.4 Å². The van der Waals surface area contributed by atoms with Gasteiger partial charge in [0.25, 0.3) is 5.56 Å². The molecule has 0 amide bonds. The van der Waals surface area contributed by atoms with Crippen molar-refractivity contribution in [1.29, 1.82) is 0 Å². The second kappa shape index (κ2) is 14.0. The van der Waals surface area contributed by atoms with Gasteiger partial charge < -0.3 is 30.3 Å². The maximum absolute atomic E-state index is 11.4. The highest BCUT2D eigenvalue weighted by molar-refractivity contribution is 5.28. The van der Waals surface area contributed by atoms with Gasteiger partial charge in [-0.2, -0.15) is 0 Å².